The van der Waals surface area contributed by atoms with E-state index >= 15 is 0 Å². The van der Waals surface area contributed by atoms with Gasteiger partial charge in [-0.1, -0.05) is 167 Å². The molecule has 0 unspecified atom stereocenters. The highest BCUT2D eigenvalue weighted by Gasteiger charge is 2.26. The van der Waals surface area contributed by atoms with Gasteiger partial charge in [0.25, 0.3) is 0 Å². The second kappa shape index (κ2) is 27.4. The molecule has 15 heteroatoms. The van der Waals surface area contributed by atoms with E-state index in [-0.39, 0.29) is 38.0 Å². The third kappa shape index (κ3) is 17.0. The topological polar surface area (TPSA) is 166 Å². The van der Waals surface area contributed by atoms with Crippen molar-refractivity contribution in [1.82, 2.24) is 53.2 Å². The van der Waals surface area contributed by atoms with Crippen molar-refractivity contribution in [2.45, 2.75) is 209 Å². The van der Waals surface area contributed by atoms with Gasteiger partial charge in [-0.25, -0.2) is 24.9 Å². The minimum atomic E-state index is 0.0795. The van der Waals surface area contributed by atoms with Crippen LogP contribution in [-0.4, -0.2) is 65.7 Å². The first-order valence-corrected chi connectivity index (χ1v) is 31.7. The summed E-state index contributed by atoms with van der Waals surface area (Å²) in [7, 11) is 0. The maximum absolute atomic E-state index is 4.38. The van der Waals surface area contributed by atoms with E-state index in [0.29, 0.717) is 0 Å². The summed E-state index contributed by atoms with van der Waals surface area (Å²) in [5.74, 6) is 0. The lowest BCUT2D eigenvalue weighted by atomic mass is 9.84. The van der Waals surface area contributed by atoms with Crippen molar-refractivity contribution in [2.24, 2.45) is 20.2 Å². The van der Waals surface area contributed by atoms with Crippen LogP contribution in [0.4, 0.5) is 11.4 Å². The van der Waals surface area contributed by atoms with Crippen LogP contribution in [0.5, 0.6) is 0 Å². The van der Waals surface area contributed by atoms with Crippen LogP contribution in [0.25, 0.3) is 28.4 Å². The van der Waals surface area contributed by atoms with Crippen LogP contribution in [0, 0.1) is 0 Å². The molecule has 0 fully saturated rings. The Bertz CT molecular complexity index is 3850. The molecule has 0 spiro atoms. The lowest BCUT2D eigenvalue weighted by Crippen LogP contribution is -2.20. The van der Waals surface area contributed by atoms with E-state index in [9.17, 15) is 0 Å². The number of benzene rings is 1. The molecule has 0 atom stereocenters. The van der Waals surface area contributed by atoms with Crippen molar-refractivity contribution >= 4 is 52.2 Å². The predicted octanol–water partition coefficient (Wildman–Crippen LogP) is 18.3. The summed E-state index contributed by atoms with van der Waals surface area (Å²) in [5, 5.41) is 8.24. The Balaban J connectivity index is 0.000000137. The minimum absolute atomic E-state index is 0.0795. The maximum atomic E-state index is 4.38. The molecule has 0 radical (unpaired) electrons. The third-order valence-electron chi connectivity index (χ3n) is 15.7. The van der Waals surface area contributed by atoms with E-state index in [1.54, 1.807) is 18.7 Å². The smallest absolute Gasteiger partial charge is 0.136 e. The van der Waals surface area contributed by atoms with Crippen LogP contribution in [0.2, 0.25) is 0 Å². The largest absolute Gasteiger partial charge is 0.325 e. The first-order chi connectivity index (χ1) is 42.6. The van der Waals surface area contributed by atoms with Crippen molar-refractivity contribution < 1.29 is 0 Å². The zero-order chi connectivity index (χ0) is 66.3. The molecular weight excluding hydrogens is 1120 g/mol. The zero-order valence-electron chi connectivity index (χ0n) is 58.0. The molecule has 15 nitrogen and oxygen atoms in total. The number of pyridine rings is 5. The number of azo groups is 1. The molecule has 1 aliphatic carbocycles. The SMILES string of the molecule is CC(C)(C)c1cccc2c1N=NC2.CC(C)(C)c1cccc2nccn12.CC(C)(C)c1ccnc2c1C=NC2.CC(C)(C)c1ccnc2c1N=CC2.CC(C)(C)c1cnc2ccccn12.CC(C)(C)c1ncnc2c1C=CC2.CC(C)(C)n1cnc2cnccc21. The highest BCUT2D eigenvalue weighted by Crippen LogP contribution is 2.39. The molecule has 0 saturated heterocycles. The van der Waals surface area contributed by atoms with Crippen molar-refractivity contribution in [3.63, 3.8) is 0 Å². The minimum Gasteiger partial charge on any atom is -0.325 e. The lowest BCUT2D eigenvalue weighted by Gasteiger charge is -2.21. The average molecular weight is 1220 g/mol. The molecule has 4 aliphatic rings. The van der Waals surface area contributed by atoms with E-state index in [4.69, 9.17) is 0 Å². The second-order valence-electron chi connectivity index (χ2n) is 30.5. The van der Waals surface area contributed by atoms with Crippen molar-refractivity contribution in [1.29, 1.82) is 0 Å². The molecule has 14 rings (SSSR count). The van der Waals surface area contributed by atoms with Gasteiger partial charge in [-0.3, -0.25) is 24.9 Å². The molecule has 476 valence electrons. The summed E-state index contributed by atoms with van der Waals surface area (Å²) in [6.45, 7) is 47.6. The number of fused-ring (bicyclic) bond motifs is 7. The van der Waals surface area contributed by atoms with Gasteiger partial charge in [-0.15, -0.1) is 0 Å². The van der Waals surface area contributed by atoms with Gasteiger partial charge >= 0.3 is 0 Å². The fourth-order valence-corrected chi connectivity index (χ4v) is 11.0. The van der Waals surface area contributed by atoms with Gasteiger partial charge in [0.15, 0.2) is 0 Å². The molecule has 0 amide bonds. The van der Waals surface area contributed by atoms with Crippen LogP contribution < -0.4 is 0 Å². The molecule has 1 aromatic carbocycles. The van der Waals surface area contributed by atoms with Crippen molar-refractivity contribution in [2.75, 3.05) is 0 Å². The normalized spacial score (nSPS) is 13.6. The quantitative estimate of drug-likeness (QED) is 0.145. The summed E-state index contributed by atoms with van der Waals surface area (Å²) >= 11 is 0. The monoisotopic (exact) mass is 1220 g/mol. The molecule has 9 aromatic heterocycles. The molecule has 3 aliphatic heterocycles. The van der Waals surface area contributed by atoms with Crippen LogP contribution >= 0.6 is 0 Å². The number of hydrogen-bond donors (Lipinski definition) is 0. The molecule has 0 bridgehead atoms. The van der Waals surface area contributed by atoms with Gasteiger partial charge in [0.05, 0.1) is 65.3 Å². The number of nitrogens with zero attached hydrogens (tertiary/aromatic N) is 15. The number of rotatable bonds is 0. The van der Waals surface area contributed by atoms with Gasteiger partial charge in [0.2, 0.25) is 0 Å². The molecule has 91 heavy (non-hydrogen) atoms. The molecule has 0 N–H and O–H groups in total. The number of aromatic nitrogens is 11. The molecule has 12 heterocycles. The highest BCUT2D eigenvalue weighted by molar-refractivity contribution is 5.86. The average Bonchev–Trinajstić information content (AvgIpc) is 1.94. The summed E-state index contributed by atoms with van der Waals surface area (Å²) < 4.78 is 6.43. The molecule has 0 saturated carbocycles. The Morgan fingerprint density at radius 1 is 0.451 bits per heavy atom. The van der Waals surface area contributed by atoms with Gasteiger partial charge in [-0.05, 0) is 96.2 Å². The van der Waals surface area contributed by atoms with E-state index in [1.807, 2.05) is 80.1 Å². The highest BCUT2D eigenvalue weighted by atomic mass is 15.1. The summed E-state index contributed by atoms with van der Waals surface area (Å²) in [6, 6.07) is 24.8. The van der Waals surface area contributed by atoms with Crippen LogP contribution in [-0.2, 0) is 64.0 Å². The lowest BCUT2D eigenvalue weighted by molar-refractivity contribution is 0.408. The Hall–Kier alpha value is -8.72. The Morgan fingerprint density at radius 3 is 1.78 bits per heavy atom. The standard InChI is InChI=1S/6C11H14N2.C10H13N3/c1-11(2,3)8-4-6-12-9-5-7-13-10(8)9;1-11(2,3)9-4-5-13-10-7-12-6-8(9)10;1-11(2,3)9-5-4-6-10-12-7-8-13(9)10;1-11(2,3)10-8-5-4-6-9(8)12-7-13-10;1-11(2,3)9-6-4-5-8-7-12-13-10(8)9;1-11(2,3)9-8-12-10-6-4-5-7-13(9)10;1-10(2,3)13-7-12-8-6-11-5-4-9(8)13/h4,6-7H,5H2,1-3H3;4-6H,7H2,1-3H3;4-8H,1-3H3;4-5,7H,6H2,1-3H3;4-6H,7H2,1-3H3;4-8H,1-3H3;4-7H,1-3H3. The predicted molar refractivity (Wildman–Crippen MR) is 376 cm³/mol. The number of hydrogen-bond acceptors (Lipinski definition) is 12. The van der Waals surface area contributed by atoms with Crippen LogP contribution in [0.1, 0.15) is 213 Å². The fourth-order valence-electron chi connectivity index (χ4n) is 11.0. The maximum Gasteiger partial charge on any atom is 0.136 e. The fraction of sp³-hybridized carbons (Fsp3) is 0.421. The third-order valence-corrected chi connectivity index (χ3v) is 15.7. The van der Waals surface area contributed by atoms with Gasteiger partial charge in [0.1, 0.15) is 23.1 Å². The molecule has 10 aromatic rings. The number of aliphatic imine (C=N–C) groups is 2. The second-order valence-corrected chi connectivity index (χ2v) is 30.5. The van der Waals surface area contributed by atoms with Gasteiger partial charge in [-0.2, -0.15) is 10.2 Å². The first-order valence-electron chi connectivity index (χ1n) is 31.7. The van der Waals surface area contributed by atoms with Crippen LogP contribution in [0.3, 0.4) is 0 Å². The van der Waals surface area contributed by atoms with Gasteiger partial charge in [0, 0.05) is 119 Å². The Morgan fingerprint density at radius 2 is 1.10 bits per heavy atom. The number of imidazole rings is 3. The summed E-state index contributed by atoms with van der Waals surface area (Å²) in [5.41, 5.74) is 22.1. The van der Waals surface area contributed by atoms with Gasteiger partial charge < -0.3 is 13.4 Å². The van der Waals surface area contributed by atoms with Crippen LogP contribution in [0.15, 0.2) is 161 Å². The van der Waals surface area contributed by atoms with E-state index in [2.05, 4.69) is 280 Å². The Labute approximate surface area is 541 Å². The summed E-state index contributed by atoms with van der Waals surface area (Å²) in [4.78, 5) is 42.8. The summed E-state index contributed by atoms with van der Waals surface area (Å²) in [6.07, 6.45) is 28.8. The number of allylic oxidation sites excluding steroid dienone is 1. The first kappa shape index (κ1) is 68.2. The Kier molecular flexibility index (Phi) is 20.5. The van der Waals surface area contributed by atoms with E-state index in [1.165, 1.54) is 50.5 Å². The van der Waals surface area contributed by atoms with E-state index in [0.717, 1.165) is 76.7 Å². The van der Waals surface area contributed by atoms with Crippen molar-refractivity contribution in [3.8, 4) is 0 Å². The van der Waals surface area contributed by atoms with E-state index < -0.39 is 0 Å². The van der Waals surface area contributed by atoms with Crippen molar-refractivity contribution in [3.05, 3.63) is 209 Å². The molecular formula is C76H97N15. The zero-order valence-corrected chi connectivity index (χ0v) is 58.0.